The Labute approximate surface area is 135 Å². The molecule has 0 saturated heterocycles. The van der Waals surface area contributed by atoms with Crippen LogP contribution in [0.2, 0.25) is 0 Å². The summed E-state index contributed by atoms with van der Waals surface area (Å²) < 4.78 is 5.14. The number of aliphatic hydroxyl groups is 1. The van der Waals surface area contributed by atoms with Crippen molar-refractivity contribution in [2.45, 2.75) is 0 Å². The molecule has 1 amide bonds. The standard InChI is InChI=1S/C18H20N2O3/c1-3-8-20(9-10-21)18(22)16-11-15(12-19-13-16)14-4-6-17(23-2)7-5-14/h3-7,11-13,21H,1,8-10H2,2H3. The van der Waals surface area contributed by atoms with E-state index >= 15 is 0 Å². The molecule has 0 aliphatic rings. The lowest BCUT2D eigenvalue weighted by Crippen LogP contribution is -2.33. The number of hydrogen-bond acceptors (Lipinski definition) is 4. The molecule has 0 radical (unpaired) electrons. The highest BCUT2D eigenvalue weighted by atomic mass is 16.5. The number of carbonyl (C=O) groups excluding carboxylic acids is 1. The van der Waals surface area contributed by atoms with Gasteiger partial charge in [0, 0.05) is 31.0 Å². The van der Waals surface area contributed by atoms with E-state index in [0.717, 1.165) is 16.9 Å². The van der Waals surface area contributed by atoms with Gasteiger partial charge in [0.05, 0.1) is 19.3 Å². The Kier molecular flexibility index (Phi) is 5.88. The van der Waals surface area contributed by atoms with Gasteiger partial charge in [-0.15, -0.1) is 6.58 Å². The van der Waals surface area contributed by atoms with Crippen LogP contribution in [0.1, 0.15) is 10.4 Å². The van der Waals surface area contributed by atoms with Crippen molar-refractivity contribution in [1.29, 1.82) is 0 Å². The molecule has 120 valence electrons. The van der Waals surface area contributed by atoms with Crippen LogP contribution in [-0.2, 0) is 0 Å². The number of pyridine rings is 1. The van der Waals surface area contributed by atoms with E-state index in [9.17, 15) is 4.79 Å². The predicted octanol–water partition coefficient (Wildman–Crippen LogP) is 2.38. The highest BCUT2D eigenvalue weighted by molar-refractivity contribution is 5.95. The highest BCUT2D eigenvalue weighted by Gasteiger charge is 2.15. The monoisotopic (exact) mass is 312 g/mol. The third kappa shape index (κ3) is 4.17. The largest absolute Gasteiger partial charge is 0.497 e. The minimum absolute atomic E-state index is 0.0921. The fourth-order valence-electron chi connectivity index (χ4n) is 2.23. The molecular formula is C18H20N2O3. The fraction of sp³-hybridized carbons (Fsp3) is 0.222. The Hall–Kier alpha value is -2.66. The molecular weight excluding hydrogens is 292 g/mol. The number of ether oxygens (including phenoxy) is 1. The number of methoxy groups -OCH3 is 1. The number of nitrogens with zero attached hydrogens (tertiary/aromatic N) is 2. The van der Waals surface area contributed by atoms with E-state index in [1.54, 1.807) is 25.4 Å². The lowest BCUT2D eigenvalue weighted by atomic mass is 10.1. The minimum Gasteiger partial charge on any atom is -0.497 e. The lowest BCUT2D eigenvalue weighted by molar-refractivity contribution is 0.0742. The maximum atomic E-state index is 12.5. The number of amides is 1. The van der Waals surface area contributed by atoms with Crippen LogP contribution in [0.4, 0.5) is 0 Å². The van der Waals surface area contributed by atoms with Crippen molar-refractivity contribution in [3.63, 3.8) is 0 Å². The number of benzene rings is 1. The van der Waals surface area contributed by atoms with Crippen LogP contribution in [-0.4, -0.2) is 47.7 Å². The quantitative estimate of drug-likeness (QED) is 0.797. The molecule has 2 rings (SSSR count). The molecule has 0 bridgehead atoms. The second-order valence-corrected chi connectivity index (χ2v) is 4.95. The average Bonchev–Trinajstić information content (AvgIpc) is 2.61. The summed E-state index contributed by atoms with van der Waals surface area (Å²) >= 11 is 0. The van der Waals surface area contributed by atoms with Crippen molar-refractivity contribution in [2.75, 3.05) is 26.8 Å². The molecule has 5 nitrogen and oxygen atoms in total. The molecule has 5 heteroatoms. The number of aromatic nitrogens is 1. The number of hydrogen-bond donors (Lipinski definition) is 1. The lowest BCUT2D eigenvalue weighted by Gasteiger charge is -2.20. The first-order chi connectivity index (χ1) is 11.2. The Balaban J connectivity index is 2.27. The summed E-state index contributed by atoms with van der Waals surface area (Å²) in [5, 5.41) is 9.09. The Morgan fingerprint density at radius 3 is 2.65 bits per heavy atom. The van der Waals surface area contributed by atoms with Crippen LogP contribution in [0, 0.1) is 0 Å². The van der Waals surface area contributed by atoms with Gasteiger partial charge >= 0.3 is 0 Å². The van der Waals surface area contributed by atoms with Crippen molar-refractivity contribution in [1.82, 2.24) is 9.88 Å². The summed E-state index contributed by atoms with van der Waals surface area (Å²) in [5.41, 5.74) is 2.28. The Bertz CT molecular complexity index is 668. The second-order valence-electron chi connectivity index (χ2n) is 4.95. The van der Waals surface area contributed by atoms with E-state index in [0.29, 0.717) is 12.1 Å². The van der Waals surface area contributed by atoms with Crippen molar-refractivity contribution >= 4 is 5.91 Å². The van der Waals surface area contributed by atoms with Gasteiger partial charge in [-0.25, -0.2) is 0 Å². The first kappa shape index (κ1) is 16.7. The topological polar surface area (TPSA) is 62.7 Å². The summed E-state index contributed by atoms with van der Waals surface area (Å²) in [5.74, 6) is 0.593. The average molecular weight is 312 g/mol. The molecule has 1 N–H and O–H groups in total. The molecule has 0 aliphatic carbocycles. The van der Waals surface area contributed by atoms with E-state index in [2.05, 4.69) is 11.6 Å². The maximum absolute atomic E-state index is 12.5. The van der Waals surface area contributed by atoms with Gasteiger partial charge in [-0.1, -0.05) is 18.2 Å². The third-order valence-electron chi connectivity index (χ3n) is 3.42. The van der Waals surface area contributed by atoms with Crippen LogP contribution in [0.25, 0.3) is 11.1 Å². The van der Waals surface area contributed by atoms with E-state index in [1.165, 1.54) is 11.1 Å². The van der Waals surface area contributed by atoms with Crippen LogP contribution in [0.3, 0.4) is 0 Å². The zero-order valence-electron chi connectivity index (χ0n) is 13.1. The third-order valence-corrected chi connectivity index (χ3v) is 3.42. The van der Waals surface area contributed by atoms with E-state index in [-0.39, 0.29) is 19.1 Å². The second kappa shape index (κ2) is 8.10. The van der Waals surface area contributed by atoms with Crippen molar-refractivity contribution in [3.05, 3.63) is 60.9 Å². The van der Waals surface area contributed by atoms with E-state index in [1.807, 2.05) is 24.3 Å². The van der Waals surface area contributed by atoms with Gasteiger partial charge in [-0.05, 0) is 23.8 Å². The van der Waals surface area contributed by atoms with Gasteiger partial charge in [0.2, 0.25) is 0 Å². The smallest absolute Gasteiger partial charge is 0.255 e. The van der Waals surface area contributed by atoms with Crippen LogP contribution in [0.5, 0.6) is 5.75 Å². The zero-order valence-corrected chi connectivity index (χ0v) is 13.1. The minimum atomic E-state index is -0.179. The molecule has 0 spiro atoms. The Morgan fingerprint density at radius 2 is 2.04 bits per heavy atom. The molecule has 0 saturated carbocycles. The predicted molar refractivity (Wildman–Crippen MR) is 89.4 cm³/mol. The molecule has 0 aliphatic heterocycles. The highest BCUT2D eigenvalue weighted by Crippen LogP contribution is 2.22. The SMILES string of the molecule is C=CCN(CCO)C(=O)c1cncc(-c2ccc(OC)cc2)c1. The summed E-state index contributed by atoms with van der Waals surface area (Å²) in [4.78, 5) is 18.2. The molecule has 0 fully saturated rings. The van der Waals surface area contributed by atoms with Crippen LogP contribution >= 0.6 is 0 Å². The normalized spacial score (nSPS) is 10.2. The molecule has 1 aromatic carbocycles. The Morgan fingerprint density at radius 1 is 1.30 bits per heavy atom. The molecule has 1 aromatic heterocycles. The number of rotatable bonds is 7. The first-order valence-electron chi connectivity index (χ1n) is 7.30. The first-order valence-corrected chi connectivity index (χ1v) is 7.30. The van der Waals surface area contributed by atoms with Gasteiger partial charge in [0.15, 0.2) is 0 Å². The summed E-state index contributed by atoms with van der Waals surface area (Å²) in [6.07, 6.45) is 4.87. The van der Waals surface area contributed by atoms with Gasteiger partial charge in [0.1, 0.15) is 5.75 Å². The van der Waals surface area contributed by atoms with Crippen LogP contribution in [0.15, 0.2) is 55.4 Å². The molecule has 0 unspecified atom stereocenters. The van der Waals surface area contributed by atoms with Crippen molar-refractivity contribution in [3.8, 4) is 16.9 Å². The summed E-state index contributed by atoms with van der Waals surface area (Å²) in [7, 11) is 1.62. The van der Waals surface area contributed by atoms with E-state index < -0.39 is 0 Å². The van der Waals surface area contributed by atoms with Crippen molar-refractivity contribution in [2.24, 2.45) is 0 Å². The van der Waals surface area contributed by atoms with E-state index in [4.69, 9.17) is 9.84 Å². The summed E-state index contributed by atoms with van der Waals surface area (Å²) in [6, 6.07) is 9.35. The van der Waals surface area contributed by atoms with Crippen molar-refractivity contribution < 1.29 is 14.6 Å². The molecule has 2 aromatic rings. The number of aliphatic hydroxyl groups excluding tert-OH is 1. The molecule has 0 atom stereocenters. The van der Waals surface area contributed by atoms with Gasteiger partial charge < -0.3 is 14.7 Å². The fourth-order valence-corrected chi connectivity index (χ4v) is 2.23. The number of carbonyl (C=O) groups is 1. The molecule has 23 heavy (non-hydrogen) atoms. The maximum Gasteiger partial charge on any atom is 0.255 e. The van der Waals surface area contributed by atoms with Gasteiger partial charge in [0.25, 0.3) is 5.91 Å². The van der Waals surface area contributed by atoms with Gasteiger partial charge in [-0.3, -0.25) is 9.78 Å². The summed E-state index contributed by atoms with van der Waals surface area (Å²) in [6.45, 7) is 4.19. The van der Waals surface area contributed by atoms with Gasteiger partial charge in [-0.2, -0.15) is 0 Å². The zero-order chi connectivity index (χ0) is 16.7. The van der Waals surface area contributed by atoms with Crippen LogP contribution < -0.4 is 4.74 Å². The molecule has 1 heterocycles.